The van der Waals surface area contributed by atoms with E-state index >= 15 is 0 Å². The molecule has 0 spiro atoms. The normalized spacial score (nSPS) is 16.7. The van der Waals surface area contributed by atoms with Gasteiger partial charge in [0.05, 0.1) is 6.61 Å². The van der Waals surface area contributed by atoms with Crippen LogP contribution in [0.1, 0.15) is 0 Å². The van der Waals surface area contributed by atoms with Gasteiger partial charge in [-0.15, -0.1) is 0 Å². The second-order valence-electron chi connectivity index (χ2n) is 3.22. The lowest BCUT2D eigenvalue weighted by Crippen LogP contribution is -2.39. The molecule has 1 saturated heterocycles. The molecule has 2 rings (SSSR count). The molecule has 1 heterocycles. The molecule has 0 unspecified atom stereocenters. The summed E-state index contributed by atoms with van der Waals surface area (Å²) in [6, 6.07) is 7.44. The predicted molar refractivity (Wildman–Crippen MR) is 52.3 cm³/mol. The highest BCUT2D eigenvalue weighted by molar-refractivity contribution is 6.30. The highest BCUT2D eigenvalue weighted by Gasteiger charge is 2.18. The van der Waals surface area contributed by atoms with Gasteiger partial charge in [-0.25, -0.2) is 5.32 Å². The lowest BCUT2D eigenvalue weighted by molar-refractivity contribution is 0.196. The average molecular weight is 197 g/mol. The van der Waals surface area contributed by atoms with Gasteiger partial charge in [0.1, 0.15) is 5.75 Å². The van der Waals surface area contributed by atoms with E-state index in [1.54, 1.807) is 0 Å². The van der Waals surface area contributed by atoms with E-state index in [9.17, 15) is 0 Å². The van der Waals surface area contributed by atoms with Crippen molar-refractivity contribution in [3.8, 4) is 5.75 Å². The van der Waals surface area contributed by atoms with E-state index < -0.39 is 0 Å². The molecule has 0 amide bonds. The Hall–Kier alpha value is -0.730. The molecule has 0 N–H and O–H groups in total. The zero-order chi connectivity index (χ0) is 9.10. The molecule has 69 valence electrons. The SMILES string of the molecule is Clc1ccc(OCC2C[N]C2)cc1. The van der Waals surface area contributed by atoms with Gasteiger partial charge in [-0.2, -0.15) is 0 Å². The van der Waals surface area contributed by atoms with Gasteiger partial charge in [-0.05, 0) is 24.3 Å². The molecule has 1 aromatic rings. The first-order chi connectivity index (χ1) is 6.34. The van der Waals surface area contributed by atoms with E-state index in [-0.39, 0.29) is 0 Å². The van der Waals surface area contributed by atoms with Crippen LogP contribution in [-0.4, -0.2) is 19.7 Å². The number of rotatable bonds is 3. The van der Waals surface area contributed by atoms with Crippen LogP contribution in [0.4, 0.5) is 0 Å². The Bertz CT molecular complexity index is 269. The standard InChI is InChI=1S/C10H11ClNO/c11-9-1-3-10(4-2-9)13-7-8-5-12-6-8/h1-4,8H,5-7H2. The summed E-state index contributed by atoms with van der Waals surface area (Å²) in [5, 5.41) is 4.87. The van der Waals surface area contributed by atoms with Crippen LogP contribution in [0, 0.1) is 5.92 Å². The number of hydrogen-bond donors (Lipinski definition) is 0. The summed E-state index contributed by atoms with van der Waals surface area (Å²) in [4.78, 5) is 0. The molecule has 0 bridgehead atoms. The third-order valence-electron chi connectivity index (χ3n) is 2.07. The van der Waals surface area contributed by atoms with Crippen molar-refractivity contribution in [2.24, 2.45) is 5.92 Å². The lowest BCUT2D eigenvalue weighted by Gasteiger charge is -2.24. The molecule has 13 heavy (non-hydrogen) atoms. The molecule has 1 aliphatic heterocycles. The largest absolute Gasteiger partial charge is 0.493 e. The second kappa shape index (κ2) is 3.99. The van der Waals surface area contributed by atoms with Gasteiger partial charge in [0.25, 0.3) is 0 Å². The van der Waals surface area contributed by atoms with Crippen LogP contribution in [0.15, 0.2) is 24.3 Å². The molecule has 3 heteroatoms. The fourth-order valence-corrected chi connectivity index (χ4v) is 1.29. The molecular weight excluding hydrogens is 186 g/mol. The summed E-state index contributed by atoms with van der Waals surface area (Å²) in [5.41, 5.74) is 0. The van der Waals surface area contributed by atoms with Gasteiger partial charge in [0.15, 0.2) is 0 Å². The fraction of sp³-hybridized carbons (Fsp3) is 0.400. The Morgan fingerprint density at radius 1 is 1.31 bits per heavy atom. The van der Waals surface area contributed by atoms with Crippen LogP contribution in [0.25, 0.3) is 0 Å². The van der Waals surface area contributed by atoms with Gasteiger partial charge in [-0.1, -0.05) is 11.6 Å². The van der Waals surface area contributed by atoms with Gasteiger partial charge in [0.2, 0.25) is 0 Å². The van der Waals surface area contributed by atoms with E-state index in [0.29, 0.717) is 5.92 Å². The number of halogens is 1. The van der Waals surface area contributed by atoms with Crippen molar-refractivity contribution in [2.45, 2.75) is 0 Å². The van der Waals surface area contributed by atoms with Crippen molar-refractivity contribution < 1.29 is 4.74 Å². The first kappa shape index (κ1) is 8.85. The number of nitrogens with zero attached hydrogens (tertiary/aromatic N) is 1. The average Bonchev–Trinajstić information content (AvgIpc) is 2.05. The Morgan fingerprint density at radius 2 is 2.00 bits per heavy atom. The van der Waals surface area contributed by atoms with Crippen molar-refractivity contribution in [3.63, 3.8) is 0 Å². The Kier molecular flexibility index (Phi) is 2.71. The predicted octanol–water partition coefficient (Wildman–Crippen LogP) is 1.95. The van der Waals surface area contributed by atoms with Crippen LogP contribution < -0.4 is 10.1 Å². The topological polar surface area (TPSA) is 23.3 Å². The first-order valence-corrected chi connectivity index (χ1v) is 4.74. The number of benzene rings is 1. The smallest absolute Gasteiger partial charge is 0.119 e. The van der Waals surface area contributed by atoms with E-state index in [4.69, 9.17) is 16.3 Å². The van der Waals surface area contributed by atoms with Gasteiger partial charge < -0.3 is 4.74 Å². The highest BCUT2D eigenvalue weighted by Crippen LogP contribution is 2.16. The molecule has 0 aliphatic carbocycles. The van der Waals surface area contributed by atoms with E-state index in [1.165, 1.54) is 0 Å². The third kappa shape index (κ3) is 2.36. The van der Waals surface area contributed by atoms with Crippen molar-refractivity contribution in [3.05, 3.63) is 29.3 Å². The van der Waals surface area contributed by atoms with Crippen molar-refractivity contribution in [1.29, 1.82) is 0 Å². The molecule has 2 nitrogen and oxygen atoms in total. The monoisotopic (exact) mass is 196 g/mol. The van der Waals surface area contributed by atoms with Crippen molar-refractivity contribution in [1.82, 2.24) is 5.32 Å². The lowest BCUT2D eigenvalue weighted by atomic mass is 10.1. The molecule has 0 saturated carbocycles. The maximum atomic E-state index is 5.74. The Morgan fingerprint density at radius 3 is 2.54 bits per heavy atom. The number of ether oxygens (including phenoxy) is 1. The van der Waals surface area contributed by atoms with Crippen LogP contribution in [0.3, 0.4) is 0 Å². The van der Waals surface area contributed by atoms with Crippen LogP contribution in [-0.2, 0) is 0 Å². The summed E-state index contributed by atoms with van der Waals surface area (Å²) < 4.78 is 5.55. The Labute approximate surface area is 82.9 Å². The minimum Gasteiger partial charge on any atom is -0.493 e. The summed E-state index contributed by atoms with van der Waals surface area (Å²) in [6.45, 7) is 2.67. The van der Waals surface area contributed by atoms with Gasteiger partial charge in [0, 0.05) is 24.0 Å². The fourth-order valence-electron chi connectivity index (χ4n) is 1.16. The maximum absolute atomic E-state index is 5.74. The molecule has 1 fully saturated rings. The highest BCUT2D eigenvalue weighted by atomic mass is 35.5. The molecular formula is C10H11ClNO. The van der Waals surface area contributed by atoms with E-state index in [2.05, 4.69) is 5.32 Å². The van der Waals surface area contributed by atoms with Gasteiger partial charge in [-0.3, -0.25) is 0 Å². The number of hydrogen-bond acceptors (Lipinski definition) is 1. The quantitative estimate of drug-likeness (QED) is 0.725. The van der Waals surface area contributed by atoms with E-state index in [0.717, 1.165) is 30.5 Å². The van der Waals surface area contributed by atoms with Crippen LogP contribution in [0.5, 0.6) is 5.75 Å². The summed E-state index contributed by atoms with van der Waals surface area (Å²) in [7, 11) is 0. The maximum Gasteiger partial charge on any atom is 0.119 e. The minimum absolute atomic E-state index is 0.621. The molecule has 1 aliphatic rings. The van der Waals surface area contributed by atoms with E-state index in [1.807, 2.05) is 24.3 Å². The molecule has 1 aromatic carbocycles. The summed E-state index contributed by atoms with van der Waals surface area (Å²) >= 11 is 5.74. The molecule has 1 radical (unpaired) electrons. The molecule has 0 aromatic heterocycles. The van der Waals surface area contributed by atoms with Crippen molar-refractivity contribution >= 4 is 11.6 Å². The summed E-state index contributed by atoms with van der Waals surface area (Å²) in [5.74, 6) is 1.51. The zero-order valence-electron chi connectivity index (χ0n) is 7.24. The second-order valence-corrected chi connectivity index (χ2v) is 3.66. The zero-order valence-corrected chi connectivity index (χ0v) is 8.00. The molecule has 0 atom stereocenters. The minimum atomic E-state index is 0.621. The van der Waals surface area contributed by atoms with Crippen molar-refractivity contribution in [2.75, 3.05) is 19.7 Å². The van der Waals surface area contributed by atoms with Gasteiger partial charge >= 0.3 is 0 Å². The summed E-state index contributed by atoms with van der Waals surface area (Å²) in [6.07, 6.45) is 0. The first-order valence-electron chi connectivity index (χ1n) is 4.36. The third-order valence-corrected chi connectivity index (χ3v) is 2.33. The van der Waals surface area contributed by atoms with Crippen LogP contribution in [0.2, 0.25) is 5.02 Å². The Balaban J connectivity index is 1.83. The van der Waals surface area contributed by atoms with Crippen LogP contribution >= 0.6 is 11.6 Å².